The fourth-order valence-corrected chi connectivity index (χ4v) is 6.28. The number of hydrogen-bond acceptors (Lipinski definition) is 4. The summed E-state index contributed by atoms with van der Waals surface area (Å²) in [4.78, 5) is 5.96. The molecule has 5 nitrogen and oxygen atoms in total. The lowest BCUT2D eigenvalue weighted by molar-refractivity contribution is -0.890. The van der Waals surface area contributed by atoms with Gasteiger partial charge in [-0.2, -0.15) is 4.57 Å². The highest BCUT2D eigenvalue weighted by Gasteiger charge is 2.26. The smallest absolute Gasteiger partial charge is 0.282 e. The average Bonchev–Trinajstić information content (AvgIpc) is 3.23. The molecule has 0 unspecified atom stereocenters. The van der Waals surface area contributed by atoms with Crippen molar-refractivity contribution in [2.75, 3.05) is 64.2 Å². The van der Waals surface area contributed by atoms with Gasteiger partial charge in [0.05, 0.1) is 51.6 Å². The summed E-state index contributed by atoms with van der Waals surface area (Å²) >= 11 is 1.83. The molecule has 2 heterocycles. The molecule has 0 bridgehead atoms. The summed E-state index contributed by atoms with van der Waals surface area (Å²) in [7, 11) is 8.72. The van der Waals surface area contributed by atoms with Gasteiger partial charge in [-0.25, -0.2) is 0 Å². The summed E-state index contributed by atoms with van der Waals surface area (Å²) in [5.74, 6) is 1.16. The van der Waals surface area contributed by atoms with Gasteiger partial charge in [0.25, 0.3) is 5.82 Å². The molecule has 0 atom stereocenters. The van der Waals surface area contributed by atoms with Crippen molar-refractivity contribution in [2.24, 2.45) is 0 Å². The fourth-order valence-electron chi connectivity index (χ4n) is 5.18. The minimum absolute atomic E-state index is 0.218. The highest BCUT2D eigenvalue weighted by molar-refractivity contribution is 8.03. The van der Waals surface area contributed by atoms with Crippen LogP contribution in [0.4, 0.5) is 11.5 Å². The molecule has 1 aliphatic heterocycles. The lowest BCUT2D eigenvalue weighted by Crippen LogP contribution is -2.44. The Kier molecular flexibility index (Phi) is 7.75. The van der Waals surface area contributed by atoms with Gasteiger partial charge >= 0.3 is 0 Å². The van der Waals surface area contributed by atoms with Crippen molar-refractivity contribution < 1.29 is 14.2 Å². The third kappa shape index (κ3) is 5.44. The number of anilines is 2. The first kappa shape index (κ1) is 26.3. The SMILES string of the molecule is CN(CCC[N+](C)(C)CCO)c1cc(C=C2Sc3ccccc3N2C)c2ccccc2[n+]1-c1ccccc1. The second-order valence-corrected chi connectivity index (χ2v) is 11.7. The van der Waals surface area contributed by atoms with Crippen LogP contribution in [-0.2, 0) is 0 Å². The second-order valence-electron chi connectivity index (χ2n) is 10.6. The number of fused-ring (bicyclic) bond motifs is 2. The maximum Gasteiger partial charge on any atom is 0.282 e. The Labute approximate surface area is 230 Å². The summed E-state index contributed by atoms with van der Waals surface area (Å²) < 4.78 is 3.20. The molecule has 1 aliphatic rings. The molecule has 6 heteroatoms. The first-order chi connectivity index (χ1) is 18.4. The molecular weight excluding hydrogens is 488 g/mol. The van der Waals surface area contributed by atoms with Gasteiger partial charge in [0.2, 0.25) is 0 Å². The highest BCUT2D eigenvalue weighted by Crippen LogP contribution is 2.45. The zero-order valence-electron chi connectivity index (χ0n) is 22.8. The maximum atomic E-state index is 9.44. The van der Waals surface area contributed by atoms with Crippen molar-refractivity contribution in [1.82, 2.24) is 0 Å². The molecule has 38 heavy (non-hydrogen) atoms. The number of quaternary nitrogens is 1. The first-order valence-corrected chi connectivity index (χ1v) is 14.1. The van der Waals surface area contributed by atoms with E-state index in [0.717, 1.165) is 42.0 Å². The monoisotopic (exact) mass is 526 g/mol. The number of para-hydroxylation sites is 3. The van der Waals surface area contributed by atoms with E-state index in [9.17, 15) is 5.11 Å². The number of hydrogen-bond donors (Lipinski definition) is 1. The molecular formula is C32H38N4OS+2. The minimum Gasteiger partial charge on any atom is -0.391 e. The van der Waals surface area contributed by atoms with Crippen LogP contribution in [0.5, 0.6) is 0 Å². The van der Waals surface area contributed by atoms with Gasteiger partial charge in [0.15, 0.2) is 0 Å². The Morgan fingerprint density at radius 2 is 1.66 bits per heavy atom. The summed E-state index contributed by atoms with van der Waals surface area (Å²) in [6.07, 6.45) is 3.37. The van der Waals surface area contributed by atoms with Crippen LogP contribution in [-0.4, -0.2) is 64.0 Å². The number of thioether (sulfide) groups is 1. The zero-order valence-corrected chi connectivity index (χ0v) is 23.7. The van der Waals surface area contributed by atoms with E-state index < -0.39 is 0 Å². The largest absolute Gasteiger partial charge is 0.391 e. The van der Waals surface area contributed by atoms with Crippen molar-refractivity contribution in [3.8, 4) is 5.69 Å². The molecule has 0 spiro atoms. The maximum absolute atomic E-state index is 9.44. The van der Waals surface area contributed by atoms with E-state index in [4.69, 9.17) is 0 Å². The van der Waals surface area contributed by atoms with Crippen LogP contribution in [0, 0.1) is 0 Å². The topological polar surface area (TPSA) is 30.6 Å². The third-order valence-corrected chi connectivity index (χ3v) is 8.55. The van der Waals surface area contributed by atoms with Gasteiger partial charge in [-0.05, 0) is 42.0 Å². The molecule has 0 saturated carbocycles. The van der Waals surface area contributed by atoms with Gasteiger partial charge in [-0.15, -0.1) is 0 Å². The predicted octanol–water partition coefficient (Wildman–Crippen LogP) is 5.55. The molecule has 0 amide bonds. The second kappa shape index (κ2) is 11.2. The van der Waals surface area contributed by atoms with E-state index in [1.807, 2.05) is 11.8 Å². The normalized spacial score (nSPS) is 14.3. The van der Waals surface area contributed by atoms with Crippen LogP contribution < -0.4 is 14.4 Å². The fraction of sp³-hybridized carbons (Fsp3) is 0.281. The molecule has 1 aromatic heterocycles. The highest BCUT2D eigenvalue weighted by atomic mass is 32.2. The predicted molar refractivity (Wildman–Crippen MR) is 161 cm³/mol. The first-order valence-electron chi connectivity index (χ1n) is 13.3. The van der Waals surface area contributed by atoms with Crippen LogP contribution in [0.3, 0.4) is 0 Å². The van der Waals surface area contributed by atoms with Crippen LogP contribution in [0.15, 0.2) is 94.9 Å². The van der Waals surface area contributed by atoms with Crippen molar-refractivity contribution in [3.63, 3.8) is 0 Å². The van der Waals surface area contributed by atoms with Gasteiger partial charge in [0, 0.05) is 29.8 Å². The van der Waals surface area contributed by atoms with E-state index in [0.29, 0.717) is 0 Å². The number of pyridine rings is 1. The summed E-state index contributed by atoms with van der Waals surface area (Å²) in [6.45, 7) is 2.93. The third-order valence-electron chi connectivity index (χ3n) is 7.39. The van der Waals surface area contributed by atoms with Crippen LogP contribution in [0.2, 0.25) is 0 Å². The molecule has 0 saturated heterocycles. The molecule has 4 aromatic rings. The summed E-state index contributed by atoms with van der Waals surface area (Å²) in [5.41, 5.74) is 4.81. The minimum atomic E-state index is 0.218. The Morgan fingerprint density at radius 1 is 0.947 bits per heavy atom. The quantitative estimate of drug-likeness (QED) is 0.229. The molecule has 196 valence electrons. The number of benzene rings is 3. The van der Waals surface area contributed by atoms with Gasteiger partial charge in [-0.3, -0.25) is 4.90 Å². The summed E-state index contributed by atoms with van der Waals surface area (Å²) in [5, 5.41) is 11.9. The van der Waals surface area contributed by atoms with E-state index in [-0.39, 0.29) is 6.61 Å². The van der Waals surface area contributed by atoms with Crippen LogP contribution in [0.1, 0.15) is 12.0 Å². The van der Waals surface area contributed by atoms with E-state index in [1.165, 1.54) is 32.1 Å². The van der Waals surface area contributed by atoms with Crippen molar-refractivity contribution in [2.45, 2.75) is 11.3 Å². The summed E-state index contributed by atoms with van der Waals surface area (Å²) in [6, 6.07) is 30.3. The van der Waals surface area contributed by atoms with E-state index >= 15 is 0 Å². The van der Waals surface area contributed by atoms with Crippen molar-refractivity contribution in [3.05, 3.63) is 95.5 Å². The molecule has 3 aromatic carbocycles. The van der Waals surface area contributed by atoms with Gasteiger partial charge in [0.1, 0.15) is 17.7 Å². The lowest BCUT2D eigenvalue weighted by atomic mass is 10.1. The Balaban J connectivity index is 1.59. The Hall–Kier alpha value is -3.32. The van der Waals surface area contributed by atoms with Crippen LogP contribution in [0.25, 0.3) is 22.7 Å². The Morgan fingerprint density at radius 3 is 2.42 bits per heavy atom. The number of aromatic nitrogens is 1. The van der Waals surface area contributed by atoms with Crippen molar-refractivity contribution in [1.29, 1.82) is 0 Å². The molecule has 5 rings (SSSR count). The van der Waals surface area contributed by atoms with E-state index in [1.54, 1.807) is 0 Å². The Bertz CT molecular complexity index is 1450. The molecule has 0 fully saturated rings. The molecule has 1 N–H and O–H groups in total. The van der Waals surface area contributed by atoms with E-state index in [2.05, 4.69) is 134 Å². The number of rotatable bonds is 9. The zero-order chi connectivity index (χ0) is 26.7. The standard InChI is InChI=1S/C32H38N4OS/c1-33(19-12-20-36(3,4)21-22-37)31-23-25(24-32-34(2)29-17-10-11-18-30(29)38-32)27-15-8-9-16-28(27)35(31)26-13-6-5-7-14-26/h5-11,13-18,23-24,37H,12,19-22H2,1-4H3/q+2. The number of aliphatic hydroxyl groups is 1. The number of nitrogens with zero attached hydrogens (tertiary/aromatic N) is 4. The van der Waals surface area contributed by atoms with Crippen LogP contribution >= 0.6 is 11.8 Å². The molecule has 0 radical (unpaired) electrons. The van der Waals surface area contributed by atoms with Gasteiger partial charge < -0.3 is 14.5 Å². The number of aliphatic hydroxyl groups excluding tert-OH is 1. The van der Waals surface area contributed by atoms with Gasteiger partial charge in [-0.1, -0.05) is 60.3 Å². The molecule has 0 aliphatic carbocycles. The lowest BCUT2D eigenvalue weighted by Gasteiger charge is -2.29. The average molecular weight is 527 g/mol. The number of likely N-dealkylation sites (N-methyl/N-ethyl adjacent to an activating group) is 1. The van der Waals surface area contributed by atoms with Crippen molar-refractivity contribution >= 4 is 40.2 Å².